The Morgan fingerprint density at radius 3 is 2.56 bits per heavy atom. The number of rotatable bonds is 3. The van der Waals surface area contributed by atoms with E-state index in [0.717, 1.165) is 12.8 Å². The molecule has 0 aliphatic heterocycles. The molecule has 0 unspecified atom stereocenters. The summed E-state index contributed by atoms with van der Waals surface area (Å²) in [5.74, 6) is 0. The summed E-state index contributed by atoms with van der Waals surface area (Å²) in [6, 6.07) is 1.94. The SMILES string of the molecule is CC=CCC/C=C/C#N. The molecule has 0 aromatic rings. The standard InChI is InChI=1S/C8H11N/c1-2-3-4-5-6-7-8-9/h2-3,6-7H,4-5H2,1H3/b3-2?,7-6+. The molecule has 0 rings (SSSR count). The van der Waals surface area contributed by atoms with E-state index in [9.17, 15) is 0 Å². The van der Waals surface area contributed by atoms with Gasteiger partial charge in [-0.25, -0.2) is 0 Å². The Kier molecular flexibility index (Phi) is 6.17. The zero-order valence-corrected chi connectivity index (χ0v) is 5.67. The van der Waals surface area contributed by atoms with Crippen molar-refractivity contribution in [2.24, 2.45) is 0 Å². The van der Waals surface area contributed by atoms with E-state index in [2.05, 4.69) is 6.08 Å². The van der Waals surface area contributed by atoms with Crippen LogP contribution in [-0.4, -0.2) is 0 Å². The number of hydrogen-bond acceptors (Lipinski definition) is 1. The minimum Gasteiger partial charge on any atom is -0.193 e. The molecule has 1 nitrogen and oxygen atoms in total. The van der Waals surface area contributed by atoms with Gasteiger partial charge >= 0.3 is 0 Å². The first-order valence-corrected chi connectivity index (χ1v) is 3.07. The van der Waals surface area contributed by atoms with Crippen LogP contribution in [0.3, 0.4) is 0 Å². The van der Waals surface area contributed by atoms with Crippen molar-refractivity contribution in [2.45, 2.75) is 19.8 Å². The molecule has 0 aromatic carbocycles. The molecule has 1 heteroatoms. The molecule has 9 heavy (non-hydrogen) atoms. The van der Waals surface area contributed by atoms with Gasteiger partial charge in [0.15, 0.2) is 0 Å². The lowest BCUT2D eigenvalue weighted by molar-refractivity contribution is 1.05. The molecule has 0 N–H and O–H groups in total. The van der Waals surface area contributed by atoms with Crippen molar-refractivity contribution in [2.75, 3.05) is 0 Å². The van der Waals surface area contributed by atoms with Gasteiger partial charge in [-0.15, -0.1) is 0 Å². The smallest absolute Gasteiger partial charge is 0.0908 e. The van der Waals surface area contributed by atoms with Gasteiger partial charge in [0, 0.05) is 6.08 Å². The molecular weight excluding hydrogens is 110 g/mol. The molecule has 0 aliphatic carbocycles. The van der Waals surface area contributed by atoms with Gasteiger partial charge in [0.05, 0.1) is 6.07 Å². The summed E-state index contributed by atoms with van der Waals surface area (Å²) in [6.45, 7) is 1.99. The Bertz CT molecular complexity index is 137. The van der Waals surface area contributed by atoms with Crippen LogP contribution < -0.4 is 0 Å². The molecule has 0 amide bonds. The average Bonchev–Trinajstić information content (AvgIpc) is 1.89. The molecule has 0 atom stereocenters. The molecule has 0 radical (unpaired) electrons. The van der Waals surface area contributed by atoms with Crippen molar-refractivity contribution in [1.82, 2.24) is 0 Å². The molecule has 0 fully saturated rings. The fourth-order valence-corrected chi connectivity index (χ4v) is 0.495. The maximum absolute atomic E-state index is 8.07. The van der Waals surface area contributed by atoms with E-state index in [1.54, 1.807) is 0 Å². The number of allylic oxidation sites excluding steroid dienone is 4. The second-order valence-corrected chi connectivity index (χ2v) is 1.68. The first kappa shape index (κ1) is 7.97. The van der Waals surface area contributed by atoms with Crippen LogP contribution in [0.25, 0.3) is 0 Å². The van der Waals surface area contributed by atoms with Crippen molar-refractivity contribution in [1.29, 1.82) is 5.26 Å². The van der Waals surface area contributed by atoms with Gasteiger partial charge in [0.1, 0.15) is 0 Å². The van der Waals surface area contributed by atoms with E-state index >= 15 is 0 Å². The van der Waals surface area contributed by atoms with Crippen molar-refractivity contribution in [3.63, 3.8) is 0 Å². The van der Waals surface area contributed by atoms with Crippen LogP contribution in [0.15, 0.2) is 24.3 Å². The summed E-state index contributed by atoms with van der Waals surface area (Å²) in [7, 11) is 0. The van der Waals surface area contributed by atoms with Crippen LogP contribution in [-0.2, 0) is 0 Å². The van der Waals surface area contributed by atoms with Crippen LogP contribution in [0, 0.1) is 11.3 Å². The summed E-state index contributed by atoms with van der Waals surface area (Å²) in [6.07, 6.45) is 9.50. The molecule has 48 valence electrons. The van der Waals surface area contributed by atoms with Crippen molar-refractivity contribution < 1.29 is 0 Å². The van der Waals surface area contributed by atoms with Crippen molar-refractivity contribution in [3.8, 4) is 6.07 Å². The highest BCUT2D eigenvalue weighted by Crippen LogP contribution is 1.91. The summed E-state index contributed by atoms with van der Waals surface area (Å²) >= 11 is 0. The first-order chi connectivity index (χ1) is 4.41. The van der Waals surface area contributed by atoms with Crippen LogP contribution in [0.1, 0.15) is 19.8 Å². The van der Waals surface area contributed by atoms with E-state index in [1.165, 1.54) is 6.08 Å². The van der Waals surface area contributed by atoms with E-state index in [0.29, 0.717) is 0 Å². The van der Waals surface area contributed by atoms with Gasteiger partial charge in [-0.3, -0.25) is 0 Å². The van der Waals surface area contributed by atoms with E-state index in [-0.39, 0.29) is 0 Å². The summed E-state index contributed by atoms with van der Waals surface area (Å²) in [5, 5.41) is 8.07. The Morgan fingerprint density at radius 1 is 1.33 bits per heavy atom. The lowest BCUT2D eigenvalue weighted by Gasteiger charge is -1.80. The summed E-state index contributed by atoms with van der Waals surface area (Å²) in [5.41, 5.74) is 0. The second-order valence-electron chi connectivity index (χ2n) is 1.68. The maximum atomic E-state index is 8.07. The molecule has 0 aromatic heterocycles. The largest absolute Gasteiger partial charge is 0.193 e. The fraction of sp³-hybridized carbons (Fsp3) is 0.375. The number of hydrogen-bond donors (Lipinski definition) is 0. The summed E-state index contributed by atoms with van der Waals surface area (Å²) in [4.78, 5) is 0. The normalized spacial score (nSPS) is 10.7. The molecule has 0 saturated heterocycles. The summed E-state index contributed by atoms with van der Waals surface area (Å²) < 4.78 is 0. The highest BCUT2D eigenvalue weighted by atomic mass is 14.2. The number of unbranched alkanes of at least 4 members (excludes halogenated alkanes) is 1. The Balaban J connectivity index is 3.12. The predicted molar refractivity (Wildman–Crippen MR) is 38.8 cm³/mol. The van der Waals surface area contributed by atoms with Crippen molar-refractivity contribution >= 4 is 0 Å². The molecule has 0 spiro atoms. The van der Waals surface area contributed by atoms with Gasteiger partial charge in [0.25, 0.3) is 0 Å². The van der Waals surface area contributed by atoms with Gasteiger partial charge in [-0.2, -0.15) is 5.26 Å². The first-order valence-electron chi connectivity index (χ1n) is 3.07. The third kappa shape index (κ3) is 6.97. The van der Waals surface area contributed by atoms with E-state index < -0.39 is 0 Å². The van der Waals surface area contributed by atoms with Crippen LogP contribution >= 0.6 is 0 Å². The molecule has 0 heterocycles. The fourth-order valence-electron chi connectivity index (χ4n) is 0.495. The topological polar surface area (TPSA) is 23.8 Å². The van der Waals surface area contributed by atoms with Gasteiger partial charge < -0.3 is 0 Å². The van der Waals surface area contributed by atoms with Gasteiger partial charge in [0.2, 0.25) is 0 Å². The average molecular weight is 121 g/mol. The second kappa shape index (κ2) is 6.97. The zero-order valence-electron chi connectivity index (χ0n) is 5.67. The quantitative estimate of drug-likeness (QED) is 0.319. The Morgan fingerprint density at radius 2 is 2.00 bits per heavy atom. The zero-order chi connectivity index (χ0) is 6.95. The monoisotopic (exact) mass is 121 g/mol. The van der Waals surface area contributed by atoms with Gasteiger partial charge in [-0.1, -0.05) is 18.2 Å². The number of nitriles is 1. The maximum Gasteiger partial charge on any atom is 0.0908 e. The van der Waals surface area contributed by atoms with Crippen LogP contribution in [0.4, 0.5) is 0 Å². The lowest BCUT2D eigenvalue weighted by Crippen LogP contribution is -1.61. The third-order valence-electron chi connectivity index (χ3n) is 0.928. The molecular formula is C8H11N. The minimum absolute atomic E-state index is 0.970. The highest BCUT2D eigenvalue weighted by molar-refractivity contribution is 5.01. The van der Waals surface area contributed by atoms with E-state index in [4.69, 9.17) is 5.26 Å². The Labute approximate surface area is 56.3 Å². The van der Waals surface area contributed by atoms with E-state index in [1.807, 2.05) is 25.1 Å². The Hall–Kier alpha value is -1.03. The van der Waals surface area contributed by atoms with Crippen molar-refractivity contribution in [3.05, 3.63) is 24.3 Å². The predicted octanol–water partition coefficient (Wildman–Crippen LogP) is 2.42. The lowest BCUT2D eigenvalue weighted by atomic mass is 10.3. The van der Waals surface area contributed by atoms with Gasteiger partial charge in [-0.05, 0) is 19.8 Å². The van der Waals surface area contributed by atoms with Crippen LogP contribution in [0.2, 0.25) is 0 Å². The highest BCUT2D eigenvalue weighted by Gasteiger charge is 1.72. The molecule has 0 saturated carbocycles. The molecule has 0 bridgehead atoms. The van der Waals surface area contributed by atoms with Crippen LogP contribution in [0.5, 0.6) is 0 Å². The third-order valence-corrected chi connectivity index (χ3v) is 0.928. The minimum atomic E-state index is 0.970. The number of nitrogens with zero attached hydrogens (tertiary/aromatic N) is 1. The molecule has 0 aliphatic rings.